The van der Waals surface area contributed by atoms with Crippen molar-refractivity contribution in [1.82, 2.24) is 5.32 Å². The van der Waals surface area contributed by atoms with Gasteiger partial charge in [-0.15, -0.1) is 6.58 Å². The summed E-state index contributed by atoms with van der Waals surface area (Å²) in [5, 5.41) is 3.24. The van der Waals surface area contributed by atoms with Crippen LogP contribution in [-0.2, 0) is 0 Å². The minimum atomic E-state index is 0.261. The lowest BCUT2D eigenvalue weighted by atomic mass is 10.0. The van der Waals surface area contributed by atoms with E-state index >= 15 is 0 Å². The van der Waals surface area contributed by atoms with Gasteiger partial charge in [0.25, 0.3) is 0 Å². The summed E-state index contributed by atoms with van der Waals surface area (Å²) < 4.78 is 10.5. The third-order valence-electron chi connectivity index (χ3n) is 2.56. The van der Waals surface area contributed by atoms with Gasteiger partial charge in [0.2, 0.25) is 0 Å². The topological polar surface area (TPSA) is 30.5 Å². The molecule has 0 saturated carbocycles. The second-order valence-electron chi connectivity index (χ2n) is 3.48. The van der Waals surface area contributed by atoms with Crippen LogP contribution < -0.4 is 14.8 Å². The SMILES string of the molecule is C=CCC(NC)c1ccc(OC)c(OC)c1. The Morgan fingerprint density at radius 1 is 1.31 bits per heavy atom. The van der Waals surface area contributed by atoms with Crippen LogP contribution in [0.25, 0.3) is 0 Å². The first-order valence-electron chi connectivity index (χ1n) is 5.26. The number of hydrogen-bond donors (Lipinski definition) is 1. The van der Waals surface area contributed by atoms with Gasteiger partial charge in [-0.2, -0.15) is 0 Å². The largest absolute Gasteiger partial charge is 0.493 e. The molecule has 0 aromatic heterocycles. The molecule has 3 nitrogen and oxygen atoms in total. The third kappa shape index (κ3) is 2.76. The number of hydrogen-bond acceptors (Lipinski definition) is 3. The van der Waals surface area contributed by atoms with E-state index in [4.69, 9.17) is 9.47 Å². The van der Waals surface area contributed by atoms with Crippen LogP contribution in [0.3, 0.4) is 0 Å². The van der Waals surface area contributed by atoms with Crippen LogP contribution >= 0.6 is 0 Å². The number of nitrogens with one attached hydrogen (secondary N) is 1. The van der Waals surface area contributed by atoms with E-state index in [0.29, 0.717) is 0 Å². The molecule has 1 aromatic carbocycles. The van der Waals surface area contributed by atoms with Gasteiger partial charge in [-0.25, -0.2) is 0 Å². The number of methoxy groups -OCH3 is 2. The fourth-order valence-corrected chi connectivity index (χ4v) is 1.66. The monoisotopic (exact) mass is 221 g/mol. The van der Waals surface area contributed by atoms with Crippen molar-refractivity contribution in [2.75, 3.05) is 21.3 Å². The maximum Gasteiger partial charge on any atom is 0.161 e. The highest BCUT2D eigenvalue weighted by Crippen LogP contribution is 2.30. The normalized spacial score (nSPS) is 11.9. The van der Waals surface area contributed by atoms with Crippen molar-refractivity contribution in [1.29, 1.82) is 0 Å². The minimum absolute atomic E-state index is 0.261. The quantitative estimate of drug-likeness (QED) is 0.749. The molecule has 1 aromatic rings. The van der Waals surface area contributed by atoms with Gasteiger partial charge in [-0.3, -0.25) is 0 Å². The zero-order chi connectivity index (χ0) is 12.0. The molecule has 16 heavy (non-hydrogen) atoms. The summed E-state index contributed by atoms with van der Waals surface area (Å²) in [5.41, 5.74) is 1.17. The number of rotatable bonds is 6. The average Bonchev–Trinajstić information content (AvgIpc) is 2.35. The Labute approximate surface area is 97.1 Å². The molecule has 0 saturated heterocycles. The molecule has 0 aliphatic heterocycles. The summed E-state index contributed by atoms with van der Waals surface area (Å²) >= 11 is 0. The highest BCUT2D eigenvalue weighted by molar-refractivity contribution is 5.43. The second kappa shape index (κ2) is 6.18. The predicted octanol–water partition coefficient (Wildman–Crippen LogP) is 2.54. The van der Waals surface area contributed by atoms with E-state index in [2.05, 4.69) is 11.9 Å². The first-order valence-corrected chi connectivity index (χ1v) is 5.26. The highest BCUT2D eigenvalue weighted by atomic mass is 16.5. The lowest BCUT2D eigenvalue weighted by Crippen LogP contribution is -2.15. The zero-order valence-corrected chi connectivity index (χ0v) is 10.1. The lowest BCUT2D eigenvalue weighted by Gasteiger charge is -2.16. The van der Waals surface area contributed by atoms with Crippen LogP contribution in [0.2, 0.25) is 0 Å². The van der Waals surface area contributed by atoms with Crippen molar-refractivity contribution < 1.29 is 9.47 Å². The van der Waals surface area contributed by atoms with E-state index < -0.39 is 0 Å². The molecule has 0 radical (unpaired) electrons. The average molecular weight is 221 g/mol. The maximum absolute atomic E-state index is 5.27. The van der Waals surface area contributed by atoms with Crippen LogP contribution in [0.1, 0.15) is 18.0 Å². The van der Waals surface area contributed by atoms with Crippen LogP contribution in [0.4, 0.5) is 0 Å². The van der Waals surface area contributed by atoms with Crippen LogP contribution in [-0.4, -0.2) is 21.3 Å². The third-order valence-corrected chi connectivity index (χ3v) is 2.56. The molecular formula is C13H19NO2. The summed E-state index contributed by atoms with van der Waals surface area (Å²) in [7, 11) is 5.21. The van der Waals surface area contributed by atoms with Gasteiger partial charge in [-0.05, 0) is 31.2 Å². The van der Waals surface area contributed by atoms with Crippen molar-refractivity contribution in [3.8, 4) is 11.5 Å². The van der Waals surface area contributed by atoms with Gasteiger partial charge in [-0.1, -0.05) is 12.1 Å². The van der Waals surface area contributed by atoms with Crippen molar-refractivity contribution in [3.05, 3.63) is 36.4 Å². The molecule has 0 fully saturated rings. The smallest absolute Gasteiger partial charge is 0.161 e. The Morgan fingerprint density at radius 3 is 2.50 bits per heavy atom. The van der Waals surface area contributed by atoms with E-state index in [1.807, 2.05) is 31.3 Å². The molecule has 1 unspecified atom stereocenters. The second-order valence-corrected chi connectivity index (χ2v) is 3.48. The summed E-state index contributed by atoms with van der Waals surface area (Å²) in [6, 6.07) is 6.20. The van der Waals surface area contributed by atoms with E-state index in [-0.39, 0.29) is 6.04 Å². The molecule has 1 rings (SSSR count). The molecule has 1 atom stereocenters. The minimum Gasteiger partial charge on any atom is -0.493 e. The molecule has 0 heterocycles. The van der Waals surface area contributed by atoms with Gasteiger partial charge in [0.05, 0.1) is 14.2 Å². The molecule has 0 bridgehead atoms. The predicted molar refractivity (Wildman–Crippen MR) is 66.2 cm³/mol. The van der Waals surface area contributed by atoms with E-state index in [1.165, 1.54) is 5.56 Å². The van der Waals surface area contributed by atoms with E-state index in [9.17, 15) is 0 Å². The number of ether oxygens (including phenoxy) is 2. The highest BCUT2D eigenvalue weighted by Gasteiger charge is 2.11. The summed E-state index contributed by atoms with van der Waals surface area (Å²) in [6.45, 7) is 3.75. The molecular weight excluding hydrogens is 202 g/mol. The zero-order valence-electron chi connectivity index (χ0n) is 10.1. The molecule has 0 spiro atoms. The molecule has 88 valence electrons. The molecule has 0 aliphatic rings. The van der Waals surface area contributed by atoms with Crippen molar-refractivity contribution in [2.24, 2.45) is 0 Å². The van der Waals surface area contributed by atoms with Gasteiger partial charge in [0, 0.05) is 6.04 Å². The summed E-state index contributed by atoms with van der Waals surface area (Å²) in [6.07, 6.45) is 2.78. The fraction of sp³-hybridized carbons (Fsp3) is 0.385. The molecule has 0 aliphatic carbocycles. The Kier molecular flexibility index (Phi) is 4.86. The van der Waals surface area contributed by atoms with Crippen molar-refractivity contribution >= 4 is 0 Å². The van der Waals surface area contributed by atoms with Crippen LogP contribution in [0.15, 0.2) is 30.9 Å². The van der Waals surface area contributed by atoms with Crippen molar-refractivity contribution in [3.63, 3.8) is 0 Å². The number of benzene rings is 1. The Hall–Kier alpha value is -1.48. The Balaban J connectivity index is 3.00. The molecule has 1 N–H and O–H groups in total. The molecule has 0 amide bonds. The van der Waals surface area contributed by atoms with E-state index in [0.717, 1.165) is 17.9 Å². The maximum atomic E-state index is 5.27. The lowest BCUT2D eigenvalue weighted by molar-refractivity contribution is 0.354. The summed E-state index contributed by atoms with van der Waals surface area (Å²) in [4.78, 5) is 0. The Morgan fingerprint density at radius 2 is 2.00 bits per heavy atom. The standard InChI is InChI=1S/C13H19NO2/c1-5-6-11(14-2)10-7-8-12(15-3)13(9-10)16-4/h5,7-9,11,14H,1,6H2,2-4H3. The summed E-state index contributed by atoms with van der Waals surface area (Å²) in [5.74, 6) is 1.50. The Bertz CT molecular complexity index is 350. The fourth-order valence-electron chi connectivity index (χ4n) is 1.66. The van der Waals surface area contributed by atoms with Crippen LogP contribution in [0.5, 0.6) is 11.5 Å². The van der Waals surface area contributed by atoms with E-state index in [1.54, 1.807) is 14.2 Å². The van der Waals surface area contributed by atoms with Gasteiger partial charge in [0.15, 0.2) is 11.5 Å². The van der Waals surface area contributed by atoms with Gasteiger partial charge < -0.3 is 14.8 Å². The van der Waals surface area contributed by atoms with Gasteiger partial charge >= 0.3 is 0 Å². The first-order chi connectivity index (χ1) is 7.76. The van der Waals surface area contributed by atoms with Crippen molar-refractivity contribution in [2.45, 2.75) is 12.5 Å². The first kappa shape index (κ1) is 12.6. The molecule has 3 heteroatoms. The van der Waals surface area contributed by atoms with Crippen LogP contribution in [0, 0.1) is 0 Å². The van der Waals surface area contributed by atoms with Gasteiger partial charge in [0.1, 0.15) is 0 Å².